The van der Waals surface area contributed by atoms with Gasteiger partial charge in [-0.15, -0.1) is 11.6 Å². The molecule has 0 fully saturated rings. The normalized spacial score (nSPS) is 15.7. The maximum Gasteiger partial charge on any atom is 0.212 e. The van der Waals surface area contributed by atoms with Gasteiger partial charge >= 0.3 is 0 Å². The molecule has 0 radical (unpaired) electrons. The molecule has 3 nitrogen and oxygen atoms in total. The Morgan fingerprint density at radius 2 is 1.76 bits per heavy atom. The first kappa shape index (κ1) is 18.5. The summed E-state index contributed by atoms with van der Waals surface area (Å²) in [6, 6.07) is 9.51. The summed E-state index contributed by atoms with van der Waals surface area (Å²) >= 11 is 5.73. The molecule has 0 bridgehead atoms. The molecule has 1 rings (SSSR count). The second-order valence-electron chi connectivity index (χ2n) is 6.89. The van der Waals surface area contributed by atoms with Gasteiger partial charge in [-0.2, -0.15) is 0 Å². The van der Waals surface area contributed by atoms with Crippen LogP contribution in [0.25, 0.3) is 0 Å². The van der Waals surface area contributed by atoms with Crippen molar-refractivity contribution >= 4 is 21.6 Å². The predicted octanol–water partition coefficient (Wildman–Crippen LogP) is 3.96. The number of sulfonamides is 1. The second-order valence-corrected chi connectivity index (χ2v) is 8.99. The first-order chi connectivity index (χ1) is 9.63. The number of hydrogen-bond acceptors (Lipinski definition) is 2. The summed E-state index contributed by atoms with van der Waals surface area (Å²) in [5.74, 6) is 0.343. The van der Waals surface area contributed by atoms with Crippen LogP contribution in [0.1, 0.15) is 45.7 Å². The Morgan fingerprint density at radius 3 is 2.24 bits per heavy atom. The molecule has 0 saturated carbocycles. The molecule has 0 amide bonds. The van der Waals surface area contributed by atoms with Crippen LogP contribution >= 0.6 is 11.6 Å². The van der Waals surface area contributed by atoms with Gasteiger partial charge in [0.1, 0.15) is 0 Å². The highest BCUT2D eigenvalue weighted by Crippen LogP contribution is 2.30. The first-order valence-electron chi connectivity index (χ1n) is 7.24. The Bertz CT molecular complexity index is 523. The molecule has 0 aliphatic carbocycles. The first-order valence-corrected chi connectivity index (χ1v) is 9.42. The van der Waals surface area contributed by atoms with Gasteiger partial charge in [0.25, 0.3) is 0 Å². The smallest absolute Gasteiger partial charge is 0.212 e. The highest BCUT2D eigenvalue weighted by molar-refractivity contribution is 7.89. The van der Waals surface area contributed by atoms with Crippen molar-refractivity contribution < 1.29 is 8.42 Å². The third kappa shape index (κ3) is 7.30. The van der Waals surface area contributed by atoms with E-state index in [2.05, 4.69) is 25.5 Å². The van der Waals surface area contributed by atoms with Gasteiger partial charge < -0.3 is 0 Å². The molecule has 2 unspecified atom stereocenters. The lowest BCUT2D eigenvalue weighted by Crippen LogP contribution is -2.34. The number of nitrogens with one attached hydrogen (secondary N) is 1. The van der Waals surface area contributed by atoms with E-state index < -0.39 is 10.0 Å². The van der Waals surface area contributed by atoms with E-state index in [-0.39, 0.29) is 23.1 Å². The minimum atomic E-state index is -3.35. The van der Waals surface area contributed by atoms with Gasteiger partial charge in [-0.1, -0.05) is 58.0 Å². The van der Waals surface area contributed by atoms with Crippen LogP contribution in [0.3, 0.4) is 0 Å². The Hall–Kier alpha value is -0.580. The highest BCUT2D eigenvalue weighted by Gasteiger charge is 2.25. The third-order valence-corrected chi connectivity index (χ3v) is 5.29. The quantitative estimate of drug-likeness (QED) is 0.769. The zero-order valence-corrected chi connectivity index (χ0v) is 14.8. The summed E-state index contributed by atoms with van der Waals surface area (Å²) in [4.78, 5) is 0. The van der Waals surface area contributed by atoms with Crippen LogP contribution in [0.4, 0.5) is 0 Å². The highest BCUT2D eigenvalue weighted by atomic mass is 35.5. The van der Waals surface area contributed by atoms with Crippen molar-refractivity contribution in [1.82, 2.24) is 4.72 Å². The summed E-state index contributed by atoms with van der Waals surface area (Å²) in [6.07, 6.45) is 0.742. The maximum atomic E-state index is 12.3. The molecule has 0 heterocycles. The molecule has 21 heavy (non-hydrogen) atoms. The standard InChI is InChI=1S/C16H26ClNO2S/c1-13(11-17)12-21(19,20)18-15(10-16(2,3)4)14-8-6-5-7-9-14/h5-9,13,15,18H,10-12H2,1-4H3. The predicted molar refractivity (Wildman–Crippen MR) is 90.1 cm³/mol. The molecule has 2 atom stereocenters. The van der Waals surface area contributed by atoms with Gasteiger partial charge in [0.15, 0.2) is 0 Å². The van der Waals surface area contributed by atoms with Crippen molar-refractivity contribution in [3.63, 3.8) is 0 Å². The van der Waals surface area contributed by atoms with E-state index in [9.17, 15) is 8.42 Å². The Morgan fingerprint density at radius 1 is 1.19 bits per heavy atom. The fourth-order valence-electron chi connectivity index (χ4n) is 2.21. The van der Waals surface area contributed by atoms with Crippen molar-refractivity contribution in [2.24, 2.45) is 11.3 Å². The molecule has 0 aliphatic heterocycles. The molecule has 1 N–H and O–H groups in total. The van der Waals surface area contributed by atoms with Crippen LogP contribution in [0, 0.1) is 11.3 Å². The van der Waals surface area contributed by atoms with Gasteiger partial charge in [-0.05, 0) is 23.3 Å². The van der Waals surface area contributed by atoms with Gasteiger partial charge in [-0.3, -0.25) is 0 Å². The van der Waals surface area contributed by atoms with Crippen molar-refractivity contribution in [2.45, 2.75) is 40.2 Å². The lowest BCUT2D eigenvalue weighted by Gasteiger charge is -2.27. The molecule has 0 spiro atoms. The fourth-order valence-corrected chi connectivity index (χ4v) is 4.06. The van der Waals surface area contributed by atoms with Crippen LogP contribution in [0.2, 0.25) is 0 Å². The summed E-state index contributed by atoms with van der Waals surface area (Å²) in [5.41, 5.74) is 1.02. The van der Waals surface area contributed by atoms with Gasteiger partial charge in [-0.25, -0.2) is 13.1 Å². The van der Waals surface area contributed by atoms with Gasteiger partial charge in [0.2, 0.25) is 10.0 Å². The van der Waals surface area contributed by atoms with E-state index in [4.69, 9.17) is 11.6 Å². The lowest BCUT2D eigenvalue weighted by atomic mass is 9.86. The summed E-state index contributed by atoms with van der Waals surface area (Å²) in [7, 11) is -3.35. The molecule has 0 saturated heterocycles. The van der Waals surface area contributed by atoms with E-state index in [0.29, 0.717) is 5.88 Å². The molecule has 0 aromatic heterocycles. The third-order valence-electron chi connectivity index (χ3n) is 3.11. The van der Waals surface area contributed by atoms with Crippen LogP contribution in [0.5, 0.6) is 0 Å². The number of halogens is 1. The van der Waals surface area contributed by atoms with E-state index in [1.807, 2.05) is 37.3 Å². The molecule has 1 aromatic rings. The molecule has 0 aliphatic rings. The number of rotatable bonds is 7. The monoisotopic (exact) mass is 331 g/mol. The van der Waals surface area contributed by atoms with Crippen molar-refractivity contribution in [3.8, 4) is 0 Å². The van der Waals surface area contributed by atoms with Crippen LogP contribution in [0.15, 0.2) is 30.3 Å². The average Bonchev–Trinajstić information content (AvgIpc) is 2.36. The molecule has 120 valence electrons. The zero-order valence-electron chi connectivity index (χ0n) is 13.3. The molecule has 5 heteroatoms. The Balaban J connectivity index is 2.93. The van der Waals surface area contributed by atoms with E-state index >= 15 is 0 Å². The second kappa shape index (κ2) is 7.61. The van der Waals surface area contributed by atoms with E-state index in [0.717, 1.165) is 12.0 Å². The minimum absolute atomic E-state index is 0.0289. The average molecular weight is 332 g/mol. The molecule has 1 aromatic carbocycles. The maximum absolute atomic E-state index is 12.3. The molecular weight excluding hydrogens is 306 g/mol. The van der Waals surface area contributed by atoms with Crippen molar-refractivity contribution in [1.29, 1.82) is 0 Å². The Kier molecular flexibility index (Phi) is 6.70. The fraction of sp³-hybridized carbons (Fsp3) is 0.625. The van der Waals surface area contributed by atoms with Crippen molar-refractivity contribution in [3.05, 3.63) is 35.9 Å². The van der Waals surface area contributed by atoms with Crippen LogP contribution in [-0.2, 0) is 10.0 Å². The largest absolute Gasteiger partial charge is 0.212 e. The van der Waals surface area contributed by atoms with Crippen molar-refractivity contribution in [2.75, 3.05) is 11.6 Å². The SMILES string of the molecule is CC(CCl)CS(=O)(=O)NC(CC(C)(C)C)c1ccccc1. The van der Waals surface area contributed by atoms with E-state index in [1.165, 1.54) is 0 Å². The minimum Gasteiger partial charge on any atom is -0.212 e. The summed E-state index contributed by atoms with van der Waals surface area (Å²) < 4.78 is 27.4. The van der Waals surface area contributed by atoms with Gasteiger partial charge in [0, 0.05) is 11.9 Å². The number of hydrogen-bond donors (Lipinski definition) is 1. The van der Waals surface area contributed by atoms with Gasteiger partial charge in [0.05, 0.1) is 5.75 Å². The number of alkyl halides is 1. The topological polar surface area (TPSA) is 46.2 Å². The Labute approximate surface area is 134 Å². The summed E-state index contributed by atoms with van der Waals surface area (Å²) in [5, 5.41) is 0. The van der Waals surface area contributed by atoms with Crippen LogP contribution < -0.4 is 4.72 Å². The summed E-state index contributed by atoms with van der Waals surface area (Å²) in [6.45, 7) is 8.17. The zero-order chi connectivity index (χ0) is 16.1. The number of benzene rings is 1. The molecular formula is C16H26ClNO2S. The van der Waals surface area contributed by atoms with E-state index in [1.54, 1.807) is 0 Å². The lowest BCUT2D eigenvalue weighted by molar-refractivity contribution is 0.330. The van der Waals surface area contributed by atoms with Crippen LogP contribution in [-0.4, -0.2) is 20.1 Å².